The molecule has 1 aliphatic heterocycles. The molecule has 0 amide bonds. The van der Waals surface area contributed by atoms with Crippen LogP contribution in [0.2, 0.25) is 0 Å². The number of aromatic hydroxyl groups is 1. The van der Waals surface area contributed by atoms with Crippen molar-refractivity contribution >= 4 is 22.7 Å². The van der Waals surface area contributed by atoms with Crippen LogP contribution < -0.4 is 9.80 Å². The normalized spacial score (nSPS) is 12.5. The summed E-state index contributed by atoms with van der Waals surface area (Å²) < 4.78 is 1.67. The minimum Gasteiger partial charge on any atom is -0.506 e. The van der Waals surface area contributed by atoms with Gasteiger partial charge in [0.2, 0.25) is 0 Å². The van der Waals surface area contributed by atoms with Gasteiger partial charge in [0.1, 0.15) is 17.3 Å². The van der Waals surface area contributed by atoms with E-state index in [9.17, 15) is 5.11 Å². The third-order valence-electron chi connectivity index (χ3n) is 8.55. The van der Waals surface area contributed by atoms with E-state index >= 15 is 0 Å². The zero-order valence-corrected chi connectivity index (χ0v) is 29.4. The number of hydrogen-bond acceptors (Lipinski definition) is 5. The smallest absolute Gasteiger partial charge is 0.506 e. The van der Waals surface area contributed by atoms with Crippen LogP contribution in [0.3, 0.4) is 0 Å². The van der Waals surface area contributed by atoms with E-state index in [2.05, 4.69) is 123 Å². The van der Waals surface area contributed by atoms with E-state index in [0.717, 1.165) is 22.6 Å². The van der Waals surface area contributed by atoms with Crippen molar-refractivity contribution in [2.45, 2.75) is 46.5 Å². The van der Waals surface area contributed by atoms with Gasteiger partial charge in [-0.15, -0.1) is 36.5 Å². The van der Waals surface area contributed by atoms with Crippen molar-refractivity contribution in [3.8, 4) is 34.0 Å². The van der Waals surface area contributed by atoms with Gasteiger partial charge < -0.3 is 14.9 Å². The Labute approximate surface area is 291 Å². The molecule has 0 fully saturated rings. The third-order valence-corrected chi connectivity index (χ3v) is 8.55. The molecule has 7 rings (SSSR count). The van der Waals surface area contributed by atoms with Crippen molar-refractivity contribution in [2.75, 3.05) is 9.80 Å². The van der Waals surface area contributed by atoms with Crippen LogP contribution in [0.5, 0.6) is 5.75 Å². The first-order valence-corrected chi connectivity index (χ1v) is 15.8. The Morgan fingerprint density at radius 2 is 1.28 bits per heavy atom. The summed E-state index contributed by atoms with van der Waals surface area (Å²) in [5, 5.41) is 15.2. The fraction of sp³-hybridized carbons (Fsp3) is 0.175. The molecule has 0 bridgehead atoms. The van der Waals surface area contributed by atoms with Gasteiger partial charge in [-0.3, -0.25) is 4.98 Å². The molecule has 7 heteroatoms. The van der Waals surface area contributed by atoms with Crippen molar-refractivity contribution in [1.29, 1.82) is 0 Å². The van der Waals surface area contributed by atoms with Crippen LogP contribution >= 0.6 is 0 Å². The molecule has 0 spiro atoms. The van der Waals surface area contributed by atoms with Gasteiger partial charge in [0, 0.05) is 17.1 Å². The molecule has 47 heavy (non-hydrogen) atoms. The van der Waals surface area contributed by atoms with E-state index in [1.807, 2.05) is 31.2 Å². The van der Waals surface area contributed by atoms with Crippen LogP contribution in [0.1, 0.15) is 56.5 Å². The number of aryl methyl sites for hydroxylation is 1. The Bertz CT molecular complexity index is 2010. The molecule has 1 N–H and O–H groups in total. The van der Waals surface area contributed by atoms with Crippen LogP contribution in [-0.2, 0) is 21.1 Å². The first-order valence-electron chi connectivity index (χ1n) is 15.8. The van der Waals surface area contributed by atoms with Crippen LogP contribution in [0, 0.1) is 19.7 Å². The number of phenols is 1. The molecule has 5 aromatic carbocycles. The Morgan fingerprint density at radius 1 is 0.681 bits per heavy atom. The number of benzene rings is 5. The van der Waals surface area contributed by atoms with Crippen molar-refractivity contribution in [3.63, 3.8) is 0 Å². The number of phenolic OH excluding ortho intramolecular Hbond substituents is 1. The largest absolute Gasteiger partial charge is 2.00 e. The Hall–Kier alpha value is -4.67. The molecule has 2 heterocycles. The number of aromatic nitrogens is 3. The zero-order chi connectivity index (χ0) is 31.9. The SMILES string of the molecule is Cc1nc(-c2[c-]c(N3[CH-]N(c4c(C(C)C)cc(-c5ccccc5)cc4C(C)C)c4ccccc43)ccc2)nn1-c1ccccc1O.[Pt+2]. The molecule has 0 atom stereocenters. The van der Waals surface area contributed by atoms with Gasteiger partial charge >= 0.3 is 21.1 Å². The maximum absolute atomic E-state index is 10.4. The van der Waals surface area contributed by atoms with E-state index < -0.39 is 0 Å². The summed E-state index contributed by atoms with van der Waals surface area (Å²) in [4.78, 5) is 9.29. The predicted molar refractivity (Wildman–Crippen MR) is 187 cm³/mol. The average Bonchev–Trinajstić information content (AvgIpc) is 3.65. The molecule has 0 aliphatic carbocycles. The van der Waals surface area contributed by atoms with Crippen LogP contribution in [0.25, 0.3) is 28.2 Å². The topological polar surface area (TPSA) is 57.4 Å². The van der Waals surface area contributed by atoms with Gasteiger partial charge in [-0.2, -0.15) is 5.10 Å². The van der Waals surface area contributed by atoms with E-state index in [0.29, 0.717) is 29.2 Å². The summed E-state index contributed by atoms with van der Waals surface area (Å²) >= 11 is 0. The van der Waals surface area contributed by atoms with E-state index in [1.165, 1.54) is 27.9 Å². The molecular formula is C40H37N5OPt. The molecular weight excluding hydrogens is 762 g/mol. The van der Waals surface area contributed by atoms with Gasteiger partial charge in [0.05, 0.1) is 5.82 Å². The second-order valence-corrected chi connectivity index (χ2v) is 12.4. The Kier molecular flexibility index (Phi) is 9.07. The van der Waals surface area contributed by atoms with E-state index in [4.69, 9.17) is 10.1 Å². The number of fused-ring (bicyclic) bond motifs is 1. The minimum absolute atomic E-state index is 0. The minimum atomic E-state index is 0. The monoisotopic (exact) mass is 798 g/mol. The number of hydrogen-bond donors (Lipinski definition) is 1. The van der Waals surface area contributed by atoms with Crippen LogP contribution in [0.15, 0.2) is 109 Å². The fourth-order valence-electron chi connectivity index (χ4n) is 6.22. The summed E-state index contributed by atoms with van der Waals surface area (Å²) in [5.41, 5.74) is 10.8. The van der Waals surface area contributed by atoms with Gasteiger partial charge in [-0.05, 0) is 77.4 Å². The Morgan fingerprint density at radius 3 is 1.91 bits per heavy atom. The molecule has 1 aliphatic rings. The molecule has 0 radical (unpaired) electrons. The molecule has 0 saturated carbocycles. The van der Waals surface area contributed by atoms with Gasteiger partial charge in [-0.25, -0.2) is 4.68 Å². The Balaban J connectivity index is 0.00000386. The average molecular weight is 799 g/mol. The molecule has 6 nitrogen and oxygen atoms in total. The number of nitrogens with zero attached hydrogens (tertiary/aromatic N) is 5. The summed E-state index contributed by atoms with van der Waals surface area (Å²) in [6, 6.07) is 40.7. The maximum atomic E-state index is 10.4. The van der Waals surface area contributed by atoms with Crippen molar-refractivity contribution in [1.82, 2.24) is 14.8 Å². The van der Waals surface area contributed by atoms with Crippen LogP contribution in [0.4, 0.5) is 22.7 Å². The molecule has 0 unspecified atom stereocenters. The number of anilines is 4. The van der Waals surface area contributed by atoms with Crippen LogP contribution in [-0.4, -0.2) is 19.9 Å². The summed E-state index contributed by atoms with van der Waals surface area (Å²) in [5.74, 6) is 2.01. The quantitative estimate of drug-likeness (QED) is 0.163. The first-order chi connectivity index (χ1) is 22.3. The van der Waals surface area contributed by atoms with Crippen molar-refractivity contribution < 1.29 is 26.2 Å². The molecule has 0 saturated heterocycles. The van der Waals surface area contributed by atoms with Crippen molar-refractivity contribution in [2.24, 2.45) is 0 Å². The molecule has 238 valence electrons. The second kappa shape index (κ2) is 13.2. The number of para-hydroxylation sites is 4. The number of rotatable bonds is 7. The first kappa shape index (κ1) is 32.3. The maximum Gasteiger partial charge on any atom is 2.00 e. The fourth-order valence-corrected chi connectivity index (χ4v) is 6.22. The van der Waals surface area contributed by atoms with E-state index in [-0.39, 0.29) is 26.8 Å². The van der Waals surface area contributed by atoms with Gasteiger partial charge in [-0.1, -0.05) is 88.0 Å². The second-order valence-electron chi connectivity index (χ2n) is 12.4. The summed E-state index contributed by atoms with van der Waals surface area (Å²) in [7, 11) is 0. The van der Waals surface area contributed by atoms with Gasteiger partial charge in [0.15, 0.2) is 0 Å². The third kappa shape index (κ3) is 5.99. The molecule has 1 aromatic heterocycles. The summed E-state index contributed by atoms with van der Waals surface area (Å²) in [6.45, 7) is 13.2. The van der Waals surface area contributed by atoms with E-state index in [1.54, 1.807) is 16.8 Å². The summed E-state index contributed by atoms with van der Waals surface area (Å²) in [6.07, 6.45) is 0. The zero-order valence-electron chi connectivity index (χ0n) is 27.1. The van der Waals surface area contributed by atoms with Gasteiger partial charge in [0.25, 0.3) is 0 Å². The molecule has 6 aromatic rings. The standard InChI is InChI=1S/C40H37N5O.Pt/c1-26(2)33-23-31(29-14-7-6-8-15-29)24-34(27(3)4)39(33)44-25-43(35-18-9-10-19-36(35)44)32-17-13-16-30(22-32)40-41-28(5)45(42-40)37-20-11-12-21-38(37)46;/h6-21,23-27,46H,1-5H3;/q-2;+2. The van der Waals surface area contributed by atoms with Crippen molar-refractivity contribution in [3.05, 3.63) is 139 Å². The predicted octanol–water partition coefficient (Wildman–Crippen LogP) is 10.1.